The molecule has 3 rings (SSSR count). The zero-order valence-corrected chi connectivity index (χ0v) is 17.2. The van der Waals surface area contributed by atoms with E-state index in [0.29, 0.717) is 17.4 Å². The highest BCUT2D eigenvalue weighted by molar-refractivity contribution is 7.89. The zero-order valence-electron chi connectivity index (χ0n) is 16.4. The van der Waals surface area contributed by atoms with Gasteiger partial charge >= 0.3 is 0 Å². The van der Waals surface area contributed by atoms with Gasteiger partial charge in [-0.1, -0.05) is 57.0 Å². The number of benzene rings is 1. The van der Waals surface area contributed by atoms with E-state index >= 15 is 0 Å². The minimum atomic E-state index is -3.63. The first-order chi connectivity index (χ1) is 12.2. The normalized spacial score (nSPS) is 33.5. The van der Waals surface area contributed by atoms with E-state index in [4.69, 9.17) is 4.74 Å². The fourth-order valence-corrected chi connectivity index (χ4v) is 6.28. The largest absolute Gasteiger partial charge is 0.360 e. The van der Waals surface area contributed by atoms with Crippen LogP contribution >= 0.6 is 0 Å². The second kappa shape index (κ2) is 7.10. The van der Waals surface area contributed by atoms with E-state index in [1.165, 1.54) is 0 Å². The van der Waals surface area contributed by atoms with Crippen molar-refractivity contribution >= 4 is 10.0 Å². The van der Waals surface area contributed by atoms with Crippen LogP contribution in [-0.2, 0) is 14.8 Å². The predicted octanol–water partition coefficient (Wildman–Crippen LogP) is 4.50. The molecule has 5 heteroatoms. The van der Waals surface area contributed by atoms with Crippen LogP contribution in [-0.4, -0.2) is 31.6 Å². The maximum atomic E-state index is 13.5. The van der Waals surface area contributed by atoms with Gasteiger partial charge in [0.25, 0.3) is 0 Å². The molecule has 26 heavy (non-hydrogen) atoms. The third-order valence-corrected chi connectivity index (χ3v) is 8.22. The van der Waals surface area contributed by atoms with Crippen molar-refractivity contribution in [3.8, 4) is 0 Å². The third kappa shape index (κ3) is 3.14. The highest BCUT2D eigenvalue weighted by Gasteiger charge is 2.53. The standard InChI is InChI=1S/C21H31NO3S/c1-6-18-14-25-20(21(5)13-7-8-16(3)17(21)4)22(18)26(23,24)19-11-9-15(2)10-12-19/h9-12,16,18,20H,4,6-8,13-14H2,1-3,5H3/t16-,18+,20+,21+/m0/s1. The van der Waals surface area contributed by atoms with Crippen LogP contribution in [0.4, 0.5) is 0 Å². The van der Waals surface area contributed by atoms with Gasteiger partial charge in [-0.25, -0.2) is 8.42 Å². The summed E-state index contributed by atoms with van der Waals surface area (Å²) in [6.45, 7) is 13.1. The summed E-state index contributed by atoms with van der Waals surface area (Å²) in [7, 11) is -3.63. The van der Waals surface area contributed by atoms with Crippen molar-refractivity contribution in [2.45, 2.75) is 70.5 Å². The van der Waals surface area contributed by atoms with Gasteiger partial charge in [0, 0.05) is 5.41 Å². The second-order valence-corrected chi connectivity index (χ2v) is 9.97. The molecule has 0 bridgehead atoms. The maximum Gasteiger partial charge on any atom is 0.245 e. The lowest BCUT2D eigenvalue weighted by Gasteiger charge is -2.46. The number of nitrogens with zero attached hydrogens (tertiary/aromatic N) is 1. The van der Waals surface area contributed by atoms with Gasteiger partial charge in [-0.15, -0.1) is 0 Å². The Morgan fingerprint density at radius 3 is 2.58 bits per heavy atom. The quantitative estimate of drug-likeness (QED) is 0.726. The van der Waals surface area contributed by atoms with Gasteiger partial charge in [0.05, 0.1) is 17.5 Å². The topological polar surface area (TPSA) is 46.6 Å². The Bertz CT molecular complexity index is 771. The van der Waals surface area contributed by atoms with E-state index in [-0.39, 0.29) is 11.5 Å². The molecule has 2 aliphatic rings. The third-order valence-electron chi connectivity index (χ3n) is 6.31. The summed E-state index contributed by atoms with van der Waals surface area (Å²) in [6.07, 6.45) is 3.36. The van der Waals surface area contributed by atoms with Crippen LogP contribution in [0.5, 0.6) is 0 Å². The van der Waals surface area contributed by atoms with E-state index in [9.17, 15) is 8.42 Å². The summed E-state index contributed by atoms with van der Waals surface area (Å²) in [4.78, 5) is 0.343. The van der Waals surface area contributed by atoms with Crippen molar-refractivity contribution in [3.05, 3.63) is 42.0 Å². The maximum absolute atomic E-state index is 13.5. The Balaban J connectivity index is 2.03. The minimum absolute atomic E-state index is 0.131. The molecule has 1 aliphatic heterocycles. The highest BCUT2D eigenvalue weighted by Crippen LogP contribution is 2.50. The van der Waals surface area contributed by atoms with Crippen LogP contribution in [0.2, 0.25) is 0 Å². The summed E-state index contributed by atoms with van der Waals surface area (Å²) in [5, 5.41) is 0. The molecule has 1 aromatic rings. The van der Waals surface area contributed by atoms with Crippen molar-refractivity contribution in [1.82, 2.24) is 4.31 Å². The molecule has 2 fully saturated rings. The van der Waals surface area contributed by atoms with E-state index in [1.54, 1.807) is 16.4 Å². The van der Waals surface area contributed by atoms with Gasteiger partial charge in [-0.3, -0.25) is 0 Å². The summed E-state index contributed by atoms with van der Waals surface area (Å²) < 4.78 is 34.8. The van der Waals surface area contributed by atoms with Gasteiger partial charge in [0.1, 0.15) is 6.23 Å². The number of hydrogen-bond donors (Lipinski definition) is 0. The van der Waals surface area contributed by atoms with Crippen molar-refractivity contribution in [2.75, 3.05) is 6.61 Å². The summed E-state index contributed by atoms with van der Waals surface area (Å²) in [5.74, 6) is 0.391. The molecule has 1 heterocycles. The number of aryl methyl sites for hydroxylation is 1. The van der Waals surface area contributed by atoms with Gasteiger partial charge in [0.15, 0.2) is 0 Å². The van der Waals surface area contributed by atoms with Gasteiger partial charge in [-0.05, 0) is 44.2 Å². The van der Waals surface area contributed by atoms with Crippen molar-refractivity contribution in [1.29, 1.82) is 0 Å². The van der Waals surface area contributed by atoms with Crippen LogP contribution in [0, 0.1) is 18.3 Å². The lowest BCUT2D eigenvalue weighted by atomic mass is 9.67. The minimum Gasteiger partial charge on any atom is -0.360 e. The Labute approximate surface area is 158 Å². The van der Waals surface area contributed by atoms with Crippen molar-refractivity contribution in [3.63, 3.8) is 0 Å². The summed E-state index contributed by atoms with van der Waals surface area (Å²) >= 11 is 0. The van der Waals surface area contributed by atoms with Gasteiger partial charge in [0.2, 0.25) is 10.0 Å². The molecule has 1 saturated carbocycles. The monoisotopic (exact) mass is 377 g/mol. The van der Waals surface area contributed by atoms with Crippen molar-refractivity contribution in [2.24, 2.45) is 11.3 Å². The molecular formula is C21H31NO3S. The Morgan fingerprint density at radius 1 is 1.31 bits per heavy atom. The number of ether oxygens (including phenoxy) is 1. The first-order valence-corrected chi connectivity index (χ1v) is 11.1. The lowest BCUT2D eigenvalue weighted by Crippen LogP contribution is -2.51. The molecule has 4 nitrogen and oxygen atoms in total. The molecule has 0 radical (unpaired) electrons. The summed E-state index contributed by atoms with van der Waals surface area (Å²) in [6, 6.07) is 6.97. The van der Waals surface area contributed by atoms with Crippen molar-refractivity contribution < 1.29 is 13.2 Å². The Hall–Kier alpha value is -1.17. The average molecular weight is 378 g/mol. The molecule has 0 aromatic heterocycles. The van der Waals surface area contributed by atoms with Crippen LogP contribution in [0.1, 0.15) is 52.0 Å². The SMILES string of the molecule is C=C1[C@@H](C)CCC[C@@]1(C)[C@H]1OC[C@@H](CC)N1S(=O)(=O)c1ccc(C)cc1. The van der Waals surface area contributed by atoms with Gasteiger partial charge < -0.3 is 4.74 Å². The van der Waals surface area contributed by atoms with Crippen LogP contribution < -0.4 is 0 Å². The molecule has 4 atom stereocenters. The molecule has 1 aromatic carbocycles. The van der Waals surface area contributed by atoms with E-state index < -0.39 is 16.3 Å². The Kier molecular flexibility index (Phi) is 5.35. The van der Waals surface area contributed by atoms with E-state index in [0.717, 1.165) is 36.8 Å². The van der Waals surface area contributed by atoms with Gasteiger partial charge in [-0.2, -0.15) is 4.31 Å². The number of hydrogen-bond acceptors (Lipinski definition) is 3. The Morgan fingerprint density at radius 2 is 1.96 bits per heavy atom. The highest BCUT2D eigenvalue weighted by atomic mass is 32.2. The average Bonchev–Trinajstić information content (AvgIpc) is 3.05. The fourth-order valence-electron chi connectivity index (χ4n) is 4.41. The molecule has 0 amide bonds. The first kappa shape index (κ1) is 19.6. The fraction of sp³-hybridized carbons (Fsp3) is 0.619. The first-order valence-electron chi connectivity index (χ1n) is 9.63. The molecule has 1 aliphatic carbocycles. The molecule has 144 valence electrons. The molecular weight excluding hydrogens is 346 g/mol. The van der Waals surface area contributed by atoms with Crippen LogP contribution in [0.25, 0.3) is 0 Å². The molecule has 0 N–H and O–H groups in total. The van der Waals surface area contributed by atoms with Crippen LogP contribution in [0.15, 0.2) is 41.3 Å². The zero-order chi connectivity index (χ0) is 19.1. The summed E-state index contributed by atoms with van der Waals surface area (Å²) in [5.41, 5.74) is 1.82. The second-order valence-electron chi connectivity index (χ2n) is 8.13. The number of rotatable bonds is 4. The van der Waals surface area contributed by atoms with E-state index in [1.807, 2.05) is 26.0 Å². The van der Waals surface area contributed by atoms with E-state index in [2.05, 4.69) is 20.4 Å². The van der Waals surface area contributed by atoms with Crippen LogP contribution in [0.3, 0.4) is 0 Å². The predicted molar refractivity (Wildman–Crippen MR) is 104 cm³/mol. The molecule has 1 saturated heterocycles. The molecule has 0 unspecified atom stereocenters. The lowest BCUT2D eigenvalue weighted by molar-refractivity contribution is -0.0320. The number of sulfonamides is 1. The smallest absolute Gasteiger partial charge is 0.245 e. The molecule has 0 spiro atoms.